The summed E-state index contributed by atoms with van der Waals surface area (Å²) in [6.07, 6.45) is 1.42. The topological polar surface area (TPSA) is 78.9 Å². The second kappa shape index (κ2) is 7.83. The van der Waals surface area contributed by atoms with Crippen LogP contribution in [0.4, 0.5) is 5.69 Å². The molecule has 0 saturated carbocycles. The number of ether oxygens (including phenoxy) is 1. The normalized spacial score (nSPS) is 15.9. The van der Waals surface area contributed by atoms with E-state index in [-0.39, 0.29) is 22.2 Å². The number of aromatic hydroxyl groups is 1. The molecule has 1 saturated heterocycles. The fourth-order valence-corrected chi connectivity index (χ4v) is 3.51. The van der Waals surface area contributed by atoms with Crippen LogP contribution in [0, 0.1) is 3.57 Å². The molecule has 0 unspecified atom stereocenters. The van der Waals surface area contributed by atoms with E-state index in [2.05, 4.69) is 5.32 Å². The molecule has 0 radical (unpaired) electrons. The molecule has 6 nitrogen and oxygen atoms in total. The molecule has 1 fully saturated rings. The molecular formula is C18H12ClIN2O4S. The predicted octanol–water partition coefficient (Wildman–Crippen LogP) is 3.49. The summed E-state index contributed by atoms with van der Waals surface area (Å²) in [5.74, 6) is -0.934. The van der Waals surface area contributed by atoms with Gasteiger partial charge in [0.25, 0.3) is 11.8 Å². The van der Waals surface area contributed by atoms with Gasteiger partial charge in [-0.3, -0.25) is 19.8 Å². The fraction of sp³-hybridized carbons (Fsp3) is 0.0556. The summed E-state index contributed by atoms with van der Waals surface area (Å²) in [6, 6.07) is 9.68. The molecular weight excluding hydrogens is 503 g/mol. The molecule has 0 spiro atoms. The highest BCUT2D eigenvalue weighted by Gasteiger charge is 2.34. The quantitative estimate of drug-likeness (QED) is 0.284. The van der Waals surface area contributed by atoms with Gasteiger partial charge in [-0.2, -0.15) is 0 Å². The number of anilines is 1. The lowest BCUT2D eigenvalue weighted by Crippen LogP contribution is -2.54. The number of hydrogen-bond donors (Lipinski definition) is 2. The molecule has 0 bridgehead atoms. The van der Waals surface area contributed by atoms with Crippen molar-refractivity contribution in [2.45, 2.75) is 0 Å². The van der Waals surface area contributed by atoms with Crippen LogP contribution in [0.15, 0.2) is 42.0 Å². The Bertz CT molecular complexity index is 992. The van der Waals surface area contributed by atoms with Crippen LogP contribution < -0.4 is 15.0 Å². The van der Waals surface area contributed by atoms with E-state index in [1.165, 1.54) is 24.2 Å². The third-order valence-electron chi connectivity index (χ3n) is 3.77. The van der Waals surface area contributed by atoms with Gasteiger partial charge in [0.15, 0.2) is 16.6 Å². The minimum atomic E-state index is -0.600. The molecule has 9 heteroatoms. The van der Waals surface area contributed by atoms with E-state index < -0.39 is 11.8 Å². The number of nitrogens with one attached hydrogen (secondary N) is 1. The largest absolute Gasteiger partial charge is 0.504 e. The minimum Gasteiger partial charge on any atom is -0.504 e. The number of hydrogen-bond acceptors (Lipinski definition) is 5. The Morgan fingerprint density at radius 2 is 1.93 bits per heavy atom. The Hall–Kier alpha value is -2.17. The molecule has 2 aromatic carbocycles. The van der Waals surface area contributed by atoms with Gasteiger partial charge < -0.3 is 9.84 Å². The Morgan fingerprint density at radius 1 is 1.26 bits per heavy atom. The van der Waals surface area contributed by atoms with Crippen LogP contribution in [0.2, 0.25) is 5.02 Å². The first-order valence-corrected chi connectivity index (χ1v) is 9.42. The molecule has 0 atom stereocenters. The molecule has 0 aromatic heterocycles. The molecule has 2 N–H and O–H groups in total. The maximum atomic E-state index is 12.9. The Balaban J connectivity index is 2.04. The van der Waals surface area contributed by atoms with E-state index >= 15 is 0 Å². The Morgan fingerprint density at radius 3 is 2.56 bits per heavy atom. The Labute approximate surface area is 178 Å². The van der Waals surface area contributed by atoms with Crippen molar-refractivity contribution in [1.29, 1.82) is 0 Å². The first-order valence-electron chi connectivity index (χ1n) is 7.55. The van der Waals surface area contributed by atoms with Crippen molar-refractivity contribution in [3.8, 4) is 11.5 Å². The number of rotatable bonds is 3. The lowest BCUT2D eigenvalue weighted by atomic mass is 10.1. The number of halogens is 2. The standard InChI is InChI=1S/C18H12ClIN2O4S/c1-26-14-8-9(7-13(20)15(14)23)6-12-16(24)21-18(27)22(17(12)25)11-4-2-10(19)3-5-11/h2-8,23H,1H3,(H,21,24,27). The first-order chi connectivity index (χ1) is 12.8. The molecule has 1 aliphatic heterocycles. The van der Waals surface area contributed by atoms with E-state index in [1.54, 1.807) is 30.3 Å². The van der Waals surface area contributed by atoms with Crippen molar-refractivity contribution in [2.24, 2.45) is 0 Å². The third-order valence-corrected chi connectivity index (χ3v) is 5.13. The van der Waals surface area contributed by atoms with Crippen LogP contribution in [0.5, 0.6) is 11.5 Å². The van der Waals surface area contributed by atoms with Crippen LogP contribution in [0.3, 0.4) is 0 Å². The van der Waals surface area contributed by atoms with Gasteiger partial charge in [-0.15, -0.1) is 0 Å². The number of carbonyl (C=O) groups excluding carboxylic acids is 2. The summed E-state index contributed by atoms with van der Waals surface area (Å²) in [5, 5.41) is 13.0. The number of methoxy groups -OCH3 is 1. The number of carbonyl (C=O) groups is 2. The molecule has 2 amide bonds. The summed E-state index contributed by atoms with van der Waals surface area (Å²) in [4.78, 5) is 26.5. The Kier molecular flexibility index (Phi) is 5.68. The van der Waals surface area contributed by atoms with E-state index in [1.807, 2.05) is 22.6 Å². The van der Waals surface area contributed by atoms with E-state index in [0.29, 0.717) is 19.8 Å². The van der Waals surface area contributed by atoms with Gasteiger partial charge in [0, 0.05) is 5.02 Å². The van der Waals surface area contributed by atoms with Gasteiger partial charge in [0.1, 0.15) is 5.57 Å². The lowest BCUT2D eigenvalue weighted by Gasteiger charge is -2.29. The van der Waals surface area contributed by atoms with Crippen LogP contribution in [-0.4, -0.2) is 29.1 Å². The lowest BCUT2D eigenvalue weighted by molar-refractivity contribution is -0.122. The van der Waals surface area contributed by atoms with Crippen molar-refractivity contribution >= 4 is 75.1 Å². The van der Waals surface area contributed by atoms with Gasteiger partial charge in [-0.05, 0) is 82.8 Å². The second-order valence-corrected chi connectivity index (χ2v) is 7.47. The average molecular weight is 515 g/mol. The number of nitrogens with zero attached hydrogens (tertiary/aromatic N) is 1. The van der Waals surface area contributed by atoms with Crippen molar-refractivity contribution < 1.29 is 19.4 Å². The minimum absolute atomic E-state index is 0.0105. The highest BCUT2D eigenvalue weighted by atomic mass is 127. The number of amides is 2. The SMILES string of the molecule is COc1cc(C=C2C(=O)NC(=S)N(c3ccc(Cl)cc3)C2=O)cc(I)c1O. The number of benzene rings is 2. The van der Waals surface area contributed by atoms with E-state index in [9.17, 15) is 14.7 Å². The van der Waals surface area contributed by atoms with E-state index in [0.717, 1.165) is 0 Å². The van der Waals surface area contributed by atoms with Gasteiger partial charge in [-0.1, -0.05) is 11.6 Å². The van der Waals surface area contributed by atoms with Crippen molar-refractivity contribution in [1.82, 2.24) is 5.32 Å². The third kappa shape index (κ3) is 3.92. The zero-order chi connectivity index (χ0) is 19.7. The zero-order valence-electron chi connectivity index (χ0n) is 13.8. The molecule has 2 aromatic rings. The van der Waals surface area contributed by atoms with Gasteiger partial charge in [-0.25, -0.2) is 0 Å². The van der Waals surface area contributed by atoms with Crippen LogP contribution >= 0.6 is 46.4 Å². The molecule has 3 rings (SSSR count). The first kappa shape index (κ1) is 19.6. The zero-order valence-corrected chi connectivity index (χ0v) is 17.6. The maximum absolute atomic E-state index is 12.9. The van der Waals surface area contributed by atoms with Crippen molar-refractivity contribution in [3.05, 3.63) is 56.1 Å². The summed E-state index contributed by atoms with van der Waals surface area (Å²) >= 11 is 13.0. The van der Waals surface area contributed by atoms with Crippen molar-refractivity contribution in [3.63, 3.8) is 0 Å². The number of phenolic OH excluding ortho intramolecular Hbond substituents is 1. The van der Waals surface area contributed by atoms with Crippen molar-refractivity contribution in [2.75, 3.05) is 12.0 Å². The maximum Gasteiger partial charge on any atom is 0.270 e. The van der Waals surface area contributed by atoms with Crippen LogP contribution in [0.1, 0.15) is 5.56 Å². The molecule has 0 aliphatic carbocycles. The van der Waals surface area contributed by atoms with Gasteiger partial charge in [0.05, 0.1) is 16.4 Å². The van der Waals surface area contributed by atoms with Gasteiger partial charge in [0.2, 0.25) is 0 Å². The fourth-order valence-electron chi connectivity index (χ4n) is 2.48. The highest BCUT2D eigenvalue weighted by molar-refractivity contribution is 14.1. The monoisotopic (exact) mass is 514 g/mol. The second-order valence-electron chi connectivity index (χ2n) is 5.49. The summed E-state index contributed by atoms with van der Waals surface area (Å²) < 4.78 is 5.64. The number of phenols is 1. The van der Waals surface area contributed by atoms with Crippen LogP contribution in [-0.2, 0) is 9.59 Å². The summed E-state index contributed by atoms with van der Waals surface area (Å²) in [6.45, 7) is 0. The predicted molar refractivity (Wildman–Crippen MR) is 115 cm³/mol. The molecule has 1 aliphatic rings. The van der Waals surface area contributed by atoms with E-state index in [4.69, 9.17) is 28.6 Å². The molecule has 1 heterocycles. The smallest absolute Gasteiger partial charge is 0.270 e. The average Bonchev–Trinajstić information content (AvgIpc) is 2.62. The summed E-state index contributed by atoms with van der Waals surface area (Å²) in [7, 11) is 1.42. The van der Waals surface area contributed by atoms with Gasteiger partial charge >= 0.3 is 0 Å². The molecule has 27 heavy (non-hydrogen) atoms. The molecule has 138 valence electrons. The van der Waals surface area contributed by atoms with Crippen LogP contribution in [0.25, 0.3) is 6.08 Å². The summed E-state index contributed by atoms with van der Waals surface area (Å²) in [5.41, 5.74) is 0.914. The number of thiocarbonyl (C=S) groups is 1. The highest BCUT2D eigenvalue weighted by Crippen LogP contribution is 2.33.